The minimum absolute atomic E-state index is 0.0619. The van der Waals surface area contributed by atoms with Gasteiger partial charge < -0.3 is 21.5 Å². The number of benzene rings is 2. The van der Waals surface area contributed by atoms with Crippen molar-refractivity contribution < 1.29 is 9.90 Å². The first kappa shape index (κ1) is 17.0. The normalized spacial score (nSPS) is 14.5. The summed E-state index contributed by atoms with van der Waals surface area (Å²) in [5, 5.41) is 23.8. The predicted molar refractivity (Wildman–Crippen MR) is 108 cm³/mol. The molecule has 0 saturated heterocycles. The fraction of sp³-hybridized carbons (Fsp3) is 0. The molecule has 2 heterocycles. The van der Waals surface area contributed by atoms with Crippen molar-refractivity contribution in [1.29, 1.82) is 0 Å². The van der Waals surface area contributed by atoms with Gasteiger partial charge in [0.25, 0.3) is 5.91 Å². The van der Waals surface area contributed by atoms with Gasteiger partial charge in [0, 0.05) is 21.3 Å². The third kappa shape index (κ3) is 3.22. The summed E-state index contributed by atoms with van der Waals surface area (Å²) in [6.07, 6.45) is 3.09. The van der Waals surface area contributed by atoms with Gasteiger partial charge in [-0.1, -0.05) is 22.0 Å². The van der Waals surface area contributed by atoms with E-state index in [9.17, 15) is 9.90 Å². The Bertz CT molecular complexity index is 1080. The van der Waals surface area contributed by atoms with Crippen LogP contribution in [0.4, 0.5) is 17.1 Å². The topological polar surface area (TPSA) is 113 Å². The molecule has 0 radical (unpaired) electrons. The number of amides is 1. The lowest BCUT2D eigenvalue weighted by Crippen LogP contribution is -2.10. The summed E-state index contributed by atoms with van der Waals surface area (Å²) in [6, 6.07) is 12.1. The largest absolute Gasteiger partial charge is 0.506 e. The van der Waals surface area contributed by atoms with Crippen molar-refractivity contribution in [2.75, 3.05) is 16.4 Å². The molecule has 1 aliphatic rings. The van der Waals surface area contributed by atoms with Gasteiger partial charge in [-0.15, -0.1) is 0 Å². The Balaban J connectivity index is 1.95. The Morgan fingerprint density at radius 2 is 2.00 bits per heavy atom. The Morgan fingerprint density at radius 1 is 1.15 bits per heavy atom. The Morgan fingerprint density at radius 3 is 2.74 bits per heavy atom. The fourth-order valence-corrected chi connectivity index (χ4v) is 3.24. The average molecular weight is 424 g/mol. The van der Waals surface area contributed by atoms with E-state index >= 15 is 0 Å². The van der Waals surface area contributed by atoms with Crippen LogP contribution in [-0.4, -0.2) is 21.2 Å². The van der Waals surface area contributed by atoms with Crippen LogP contribution in [0.15, 0.2) is 59.3 Å². The maximum Gasteiger partial charge on any atom is 0.258 e. The Hall–Kier alpha value is -3.39. The number of phenols is 1. The standard InChI is InChI=1S/C19H14BrN5O2/c20-11-2-4-15-13(8-11)17(19(27)25-15)18(24-12-5-6-22-23-9-12)10-1-3-14(21)16(26)7-10/h1-9,26H,21H2,(H,22,24)(H,25,27)/b18-17-. The van der Waals surface area contributed by atoms with Crippen molar-refractivity contribution in [2.24, 2.45) is 0 Å². The number of nitrogen functional groups attached to an aromatic ring is 1. The molecule has 0 bridgehead atoms. The fourth-order valence-electron chi connectivity index (χ4n) is 2.87. The van der Waals surface area contributed by atoms with Crippen LogP contribution in [0.3, 0.4) is 0 Å². The number of rotatable bonds is 3. The Kier molecular flexibility index (Phi) is 4.25. The van der Waals surface area contributed by atoms with Crippen LogP contribution in [0.5, 0.6) is 5.75 Å². The molecule has 134 valence electrons. The smallest absolute Gasteiger partial charge is 0.258 e. The molecule has 0 saturated carbocycles. The first-order valence-corrected chi connectivity index (χ1v) is 8.80. The summed E-state index contributed by atoms with van der Waals surface area (Å²) < 4.78 is 0.848. The molecule has 8 heteroatoms. The molecule has 7 nitrogen and oxygen atoms in total. The van der Waals surface area contributed by atoms with Crippen molar-refractivity contribution in [1.82, 2.24) is 10.2 Å². The van der Waals surface area contributed by atoms with Crippen LogP contribution in [-0.2, 0) is 4.79 Å². The van der Waals surface area contributed by atoms with E-state index in [0.717, 1.165) is 10.0 Å². The highest BCUT2D eigenvalue weighted by molar-refractivity contribution is 9.10. The number of nitrogens with one attached hydrogen (secondary N) is 2. The van der Waals surface area contributed by atoms with E-state index in [0.29, 0.717) is 28.2 Å². The van der Waals surface area contributed by atoms with Gasteiger partial charge in [-0.05, 0) is 36.4 Å². The van der Waals surface area contributed by atoms with Gasteiger partial charge in [0.1, 0.15) is 5.75 Å². The summed E-state index contributed by atoms with van der Waals surface area (Å²) in [4.78, 5) is 12.8. The van der Waals surface area contributed by atoms with Gasteiger partial charge in [-0.2, -0.15) is 10.2 Å². The predicted octanol–water partition coefficient (Wildman–Crippen LogP) is 3.46. The molecule has 0 aliphatic carbocycles. The summed E-state index contributed by atoms with van der Waals surface area (Å²) >= 11 is 3.45. The third-order valence-corrected chi connectivity index (χ3v) is 4.64. The molecule has 1 aromatic heterocycles. The molecule has 0 unspecified atom stereocenters. The molecule has 3 aromatic rings. The molecule has 4 rings (SSSR count). The number of aromatic hydroxyl groups is 1. The summed E-state index contributed by atoms with van der Waals surface area (Å²) in [7, 11) is 0. The first-order chi connectivity index (χ1) is 13.0. The van der Waals surface area contributed by atoms with Crippen LogP contribution in [0.2, 0.25) is 0 Å². The van der Waals surface area contributed by atoms with E-state index in [1.54, 1.807) is 30.6 Å². The molecular weight excluding hydrogens is 410 g/mol. The van der Waals surface area contributed by atoms with Crippen LogP contribution in [0, 0.1) is 0 Å². The van der Waals surface area contributed by atoms with Gasteiger partial charge in [0.2, 0.25) is 0 Å². The highest BCUT2D eigenvalue weighted by atomic mass is 79.9. The van der Waals surface area contributed by atoms with Crippen LogP contribution in [0.1, 0.15) is 11.1 Å². The lowest BCUT2D eigenvalue weighted by molar-refractivity contribution is -0.110. The molecule has 2 aromatic carbocycles. The summed E-state index contributed by atoms with van der Waals surface area (Å²) in [5.74, 6) is -0.308. The van der Waals surface area contributed by atoms with Gasteiger partial charge in [0.05, 0.1) is 35.0 Å². The number of halogens is 1. The molecular formula is C19H14BrN5O2. The van der Waals surface area contributed by atoms with Gasteiger partial charge in [0.15, 0.2) is 0 Å². The number of carbonyl (C=O) groups excluding carboxylic acids is 1. The van der Waals surface area contributed by atoms with Crippen molar-refractivity contribution in [3.05, 3.63) is 70.5 Å². The van der Waals surface area contributed by atoms with E-state index in [1.807, 2.05) is 18.2 Å². The molecule has 1 amide bonds. The highest BCUT2D eigenvalue weighted by Gasteiger charge is 2.29. The second kappa shape index (κ2) is 6.73. The van der Waals surface area contributed by atoms with E-state index in [-0.39, 0.29) is 17.3 Å². The van der Waals surface area contributed by atoms with Crippen LogP contribution in [0.25, 0.3) is 11.3 Å². The monoisotopic (exact) mass is 423 g/mol. The SMILES string of the molecule is Nc1ccc(/C(Nc2ccnnc2)=C2/C(=O)Nc3ccc(Br)cc32)cc1O. The van der Waals surface area contributed by atoms with Crippen LogP contribution >= 0.6 is 15.9 Å². The number of phenolic OH excluding ortho intramolecular Hbond substituents is 1. The molecule has 1 aliphatic heterocycles. The van der Waals surface area contributed by atoms with E-state index in [2.05, 4.69) is 36.8 Å². The minimum atomic E-state index is -0.246. The van der Waals surface area contributed by atoms with E-state index in [4.69, 9.17) is 5.73 Å². The number of aromatic nitrogens is 2. The quantitative estimate of drug-likeness (QED) is 0.291. The maximum atomic E-state index is 12.8. The number of nitrogens with zero attached hydrogens (tertiary/aromatic N) is 2. The zero-order valence-corrected chi connectivity index (χ0v) is 15.5. The van der Waals surface area contributed by atoms with Gasteiger partial charge in [-0.25, -0.2) is 0 Å². The van der Waals surface area contributed by atoms with Crippen molar-refractivity contribution >= 4 is 50.2 Å². The number of nitrogens with two attached hydrogens (primary N) is 1. The molecule has 5 N–H and O–H groups in total. The number of hydrogen-bond donors (Lipinski definition) is 4. The van der Waals surface area contributed by atoms with Crippen molar-refractivity contribution in [3.8, 4) is 5.75 Å². The van der Waals surface area contributed by atoms with Crippen molar-refractivity contribution in [2.45, 2.75) is 0 Å². The second-order valence-corrected chi connectivity index (χ2v) is 6.84. The molecule has 27 heavy (non-hydrogen) atoms. The van der Waals surface area contributed by atoms with Gasteiger partial charge >= 0.3 is 0 Å². The van der Waals surface area contributed by atoms with E-state index in [1.165, 1.54) is 6.07 Å². The average Bonchev–Trinajstić information content (AvgIpc) is 2.98. The molecule has 0 fully saturated rings. The zero-order chi connectivity index (χ0) is 19.0. The zero-order valence-electron chi connectivity index (χ0n) is 13.9. The van der Waals surface area contributed by atoms with Crippen LogP contribution < -0.4 is 16.4 Å². The summed E-state index contributed by atoms with van der Waals surface area (Å²) in [6.45, 7) is 0. The minimum Gasteiger partial charge on any atom is -0.506 e. The molecule has 0 spiro atoms. The lowest BCUT2D eigenvalue weighted by atomic mass is 9.99. The Labute approximate surface area is 163 Å². The highest BCUT2D eigenvalue weighted by Crippen LogP contribution is 2.39. The number of carbonyl (C=O) groups is 1. The maximum absolute atomic E-state index is 12.8. The number of anilines is 3. The lowest BCUT2D eigenvalue weighted by Gasteiger charge is -2.15. The van der Waals surface area contributed by atoms with E-state index < -0.39 is 0 Å². The van der Waals surface area contributed by atoms with Crippen molar-refractivity contribution in [3.63, 3.8) is 0 Å². The number of fused-ring (bicyclic) bond motifs is 1. The molecule has 0 atom stereocenters. The number of hydrogen-bond acceptors (Lipinski definition) is 6. The summed E-state index contributed by atoms with van der Waals surface area (Å²) in [5.41, 5.74) is 9.68. The van der Waals surface area contributed by atoms with Gasteiger partial charge in [-0.3, -0.25) is 4.79 Å². The first-order valence-electron chi connectivity index (χ1n) is 8.01. The third-order valence-electron chi connectivity index (χ3n) is 4.15. The second-order valence-electron chi connectivity index (χ2n) is 5.92.